The first-order valence-corrected chi connectivity index (χ1v) is 17.7. The number of para-hydroxylation sites is 1. The fraction of sp³-hybridized carbons (Fsp3) is 0.447. The highest BCUT2D eigenvalue weighted by Gasteiger charge is 2.31. The van der Waals surface area contributed by atoms with Crippen LogP contribution in [0.4, 0.5) is 20.1 Å². The average molecular weight is 706 g/mol. The van der Waals surface area contributed by atoms with Gasteiger partial charge in [0.05, 0.1) is 11.5 Å². The lowest BCUT2D eigenvalue weighted by molar-refractivity contribution is -0.384. The highest BCUT2D eigenvalue weighted by Crippen LogP contribution is 2.25. The maximum Gasteiger partial charge on any atom is 0.513 e. The summed E-state index contributed by atoms with van der Waals surface area (Å²) in [6, 6.07) is 21.4. The zero-order chi connectivity index (χ0) is 36.1. The zero-order valence-corrected chi connectivity index (χ0v) is 28.9. The smallest absolute Gasteiger partial charge is 0.457 e. The molecule has 0 spiro atoms. The molecule has 3 aromatic rings. The molecule has 1 fully saturated rings. The van der Waals surface area contributed by atoms with E-state index in [2.05, 4.69) is 5.32 Å². The van der Waals surface area contributed by atoms with Crippen molar-refractivity contribution in [2.75, 3.05) is 19.7 Å². The highest BCUT2D eigenvalue weighted by atomic mass is 16.7. The van der Waals surface area contributed by atoms with Crippen LogP contribution in [-0.2, 0) is 9.47 Å². The van der Waals surface area contributed by atoms with Crippen molar-refractivity contribution >= 4 is 24.0 Å². The molecule has 51 heavy (non-hydrogen) atoms. The molecule has 1 aliphatic heterocycles. The molecule has 0 saturated carbocycles. The molecule has 0 aliphatic carbocycles. The molecule has 1 N–H and O–H groups in total. The molecule has 2 amide bonds. The number of nitrogens with one attached hydrogen (secondary N) is 1. The van der Waals surface area contributed by atoms with Crippen LogP contribution in [0.2, 0.25) is 0 Å². The fourth-order valence-corrected chi connectivity index (χ4v) is 5.51. The number of ether oxygens (including phenoxy) is 5. The second-order valence-electron chi connectivity index (χ2n) is 12.2. The van der Waals surface area contributed by atoms with E-state index in [4.69, 9.17) is 23.7 Å². The van der Waals surface area contributed by atoms with Crippen LogP contribution in [0.5, 0.6) is 23.0 Å². The van der Waals surface area contributed by atoms with E-state index in [9.17, 15) is 24.5 Å². The van der Waals surface area contributed by atoms with Gasteiger partial charge in [-0.1, -0.05) is 69.6 Å². The van der Waals surface area contributed by atoms with E-state index in [0.29, 0.717) is 36.8 Å². The van der Waals surface area contributed by atoms with Crippen molar-refractivity contribution in [2.45, 2.75) is 89.7 Å². The number of nitrogens with zero attached hydrogens (tertiary/aromatic N) is 2. The summed E-state index contributed by atoms with van der Waals surface area (Å²) in [6.45, 7) is 1.22. The number of nitro groups is 1. The summed E-state index contributed by atoms with van der Waals surface area (Å²) >= 11 is 0. The van der Waals surface area contributed by atoms with E-state index in [1.165, 1.54) is 29.2 Å². The van der Waals surface area contributed by atoms with Crippen LogP contribution in [0.25, 0.3) is 0 Å². The molecule has 0 bridgehead atoms. The Kier molecular flexibility index (Phi) is 16.4. The topological polar surface area (TPSA) is 156 Å². The number of likely N-dealkylation sites (tertiary alicyclic amines) is 1. The highest BCUT2D eigenvalue weighted by molar-refractivity contribution is 5.72. The van der Waals surface area contributed by atoms with Crippen molar-refractivity contribution in [3.05, 3.63) is 89.0 Å². The number of hydrogen-bond acceptors (Lipinski definition) is 10. The monoisotopic (exact) mass is 705 g/mol. The summed E-state index contributed by atoms with van der Waals surface area (Å²) in [4.78, 5) is 48.8. The van der Waals surface area contributed by atoms with Gasteiger partial charge in [0, 0.05) is 31.6 Å². The molecular weight excluding hydrogens is 658 g/mol. The molecule has 13 heteroatoms. The summed E-state index contributed by atoms with van der Waals surface area (Å²) < 4.78 is 27.0. The molecule has 1 atom stereocenters. The number of hydrogen-bond donors (Lipinski definition) is 1. The SMILES string of the molecule is O=C(NCCCCCCCCCCCCOC(=O)Oc1ccc([N+](=O)[O-])cc1)OC1CCCCN1C(=O)Oc1ccc(Oc2ccccc2)cc1. The van der Waals surface area contributed by atoms with Crippen molar-refractivity contribution in [1.82, 2.24) is 10.2 Å². The first-order valence-electron chi connectivity index (χ1n) is 17.7. The lowest BCUT2D eigenvalue weighted by Gasteiger charge is -2.33. The number of carbonyl (C=O) groups excluding carboxylic acids is 3. The summed E-state index contributed by atoms with van der Waals surface area (Å²) in [7, 11) is 0. The van der Waals surface area contributed by atoms with E-state index in [1.54, 1.807) is 24.3 Å². The van der Waals surface area contributed by atoms with Crippen LogP contribution < -0.4 is 19.5 Å². The third-order valence-corrected chi connectivity index (χ3v) is 8.24. The Labute approximate surface area is 298 Å². The van der Waals surface area contributed by atoms with Gasteiger partial charge in [0.2, 0.25) is 0 Å². The van der Waals surface area contributed by atoms with E-state index in [1.807, 2.05) is 30.3 Å². The van der Waals surface area contributed by atoms with Gasteiger partial charge in [-0.15, -0.1) is 0 Å². The minimum absolute atomic E-state index is 0.0799. The van der Waals surface area contributed by atoms with Crippen LogP contribution in [0.15, 0.2) is 78.9 Å². The van der Waals surface area contributed by atoms with Crippen molar-refractivity contribution < 1.29 is 43.0 Å². The van der Waals surface area contributed by atoms with Gasteiger partial charge >= 0.3 is 18.3 Å². The number of nitro benzene ring substituents is 1. The maximum atomic E-state index is 12.9. The molecule has 1 heterocycles. The molecular formula is C38H47N3O10. The predicted octanol–water partition coefficient (Wildman–Crippen LogP) is 9.54. The number of rotatable bonds is 19. The first-order chi connectivity index (χ1) is 24.9. The second kappa shape index (κ2) is 21.7. The van der Waals surface area contributed by atoms with Crippen LogP contribution in [0.1, 0.15) is 83.5 Å². The minimum atomic E-state index is -0.821. The number of alkyl carbamates (subject to hydrolysis) is 1. The van der Waals surface area contributed by atoms with E-state index in [-0.39, 0.29) is 18.0 Å². The van der Waals surface area contributed by atoms with Crippen molar-refractivity contribution in [1.29, 1.82) is 0 Å². The van der Waals surface area contributed by atoms with Gasteiger partial charge in [-0.2, -0.15) is 0 Å². The number of benzene rings is 3. The lowest BCUT2D eigenvalue weighted by atomic mass is 10.1. The number of unbranched alkanes of at least 4 members (excludes halogenated alkanes) is 9. The quantitative estimate of drug-likeness (QED) is 0.0419. The van der Waals surface area contributed by atoms with Gasteiger partial charge in [0.25, 0.3) is 5.69 Å². The Morgan fingerprint density at radius 1 is 0.706 bits per heavy atom. The molecule has 3 aromatic carbocycles. The fourth-order valence-electron chi connectivity index (χ4n) is 5.51. The third kappa shape index (κ3) is 14.6. The normalized spacial score (nSPS) is 13.9. The van der Waals surface area contributed by atoms with Gasteiger partial charge < -0.3 is 29.0 Å². The number of amides is 2. The van der Waals surface area contributed by atoms with Crippen LogP contribution >= 0.6 is 0 Å². The van der Waals surface area contributed by atoms with Crippen molar-refractivity contribution in [2.24, 2.45) is 0 Å². The summed E-state index contributed by atoms with van der Waals surface area (Å²) in [5, 5.41) is 13.5. The van der Waals surface area contributed by atoms with Gasteiger partial charge in [-0.05, 0) is 74.2 Å². The van der Waals surface area contributed by atoms with Gasteiger partial charge in [0.1, 0.15) is 23.0 Å². The Bertz CT molecular complexity index is 1500. The molecule has 0 radical (unpaired) electrons. The average Bonchev–Trinajstić information content (AvgIpc) is 3.13. The van der Waals surface area contributed by atoms with Crippen LogP contribution in [0, 0.1) is 10.1 Å². The first kappa shape index (κ1) is 38.5. The second-order valence-corrected chi connectivity index (χ2v) is 12.2. The molecule has 4 rings (SSSR count). The maximum absolute atomic E-state index is 12.9. The molecule has 0 aromatic heterocycles. The van der Waals surface area contributed by atoms with Gasteiger partial charge in [-0.3, -0.25) is 15.0 Å². The Balaban J connectivity index is 0.973. The van der Waals surface area contributed by atoms with Crippen LogP contribution in [-0.4, -0.2) is 54.1 Å². The zero-order valence-electron chi connectivity index (χ0n) is 28.9. The molecule has 1 saturated heterocycles. The van der Waals surface area contributed by atoms with Gasteiger partial charge in [-0.25, -0.2) is 14.4 Å². The molecule has 1 unspecified atom stereocenters. The largest absolute Gasteiger partial charge is 0.513 e. The number of non-ortho nitro benzene ring substituents is 1. The van der Waals surface area contributed by atoms with E-state index < -0.39 is 29.5 Å². The minimum Gasteiger partial charge on any atom is -0.457 e. The molecule has 13 nitrogen and oxygen atoms in total. The summed E-state index contributed by atoms with van der Waals surface area (Å²) in [5.74, 6) is 1.91. The summed E-state index contributed by atoms with van der Waals surface area (Å²) in [5.41, 5.74) is -0.0799. The Morgan fingerprint density at radius 2 is 1.27 bits per heavy atom. The Morgan fingerprint density at radius 3 is 1.94 bits per heavy atom. The summed E-state index contributed by atoms with van der Waals surface area (Å²) in [6.07, 6.45) is 9.85. The van der Waals surface area contributed by atoms with Gasteiger partial charge in [0.15, 0.2) is 6.23 Å². The van der Waals surface area contributed by atoms with Crippen LogP contribution in [0.3, 0.4) is 0 Å². The van der Waals surface area contributed by atoms with E-state index in [0.717, 1.165) is 77.0 Å². The third-order valence-electron chi connectivity index (χ3n) is 8.24. The lowest BCUT2D eigenvalue weighted by Crippen LogP contribution is -2.48. The molecule has 274 valence electrons. The predicted molar refractivity (Wildman–Crippen MR) is 189 cm³/mol. The number of piperidine rings is 1. The standard InChI is InChI=1S/C38H47N3O10/c42-36(51-35-18-12-14-28-40(35)37(43)49-33-25-23-32(24-26-33)48-31-16-10-9-11-17-31)39-27-13-7-5-3-1-2-4-6-8-15-29-47-38(44)50-34-21-19-30(20-22-34)41(45)46/h9-11,16-17,19-26,35H,1-8,12-15,18,27-29H2,(H,39,42). The number of carbonyl (C=O) groups is 3. The van der Waals surface area contributed by atoms with Crippen molar-refractivity contribution in [3.8, 4) is 23.0 Å². The van der Waals surface area contributed by atoms with Crippen molar-refractivity contribution in [3.63, 3.8) is 0 Å². The van der Waals surface area contributed by atoms with E-state index >= 15 is 0 Å². The molecule has 1 aliphatic rings. The Hall–Kier alpha value is -5.33.